The lowest BCUT2D eigenvalue weighted by Crippen LogP contribution is -2.40. The van der Waals surface area contributed by atoms with Crippen LogP contribution >= 0.6 is 0 Å². The van der Waals surface area contributed by atoms with Gasteiger partial charge in [0.2, 0.25) is 23.1 Å². The number of phenols is 1. The highest BCUT2D eigenvalue weighted by atomic mass is 16.5. The van der Waals surface area contributed by atoms with Crippen molar-refractivity contribution in [2.75, 3.05) is 40.5 Å². The van der Waals surface area contributed by atoms with Crippen LogP contribution in [0, 0.1) is 0 Å². The van der Waals surface area contributed by atoms with E-state index in [-0.39, 0.29) is 46.3 Å². The third-order valence-electron chi connectivity index (χ3n) is 5.06. The Morgan fingerprint density at radius 3 is 2.34 bits per heavy atom. The van der Waals surface area contributed by atoms with E-state index in [1.807, 2.05) is 0 Å². The Bertz CT molecular complexity index is 923. The lowest BCUT2D eigenvalue weighted by molar-refractivity contribution is -0.121. The van der Waals surface area contributed by atoms with Crippen LogP contribution in [-0.2, 0) is 30.2 Å². The van der Waals surface area contributed by atoms with Crippen molar-refractivity contribution in [1.82, 2.24) is 4.90 Å². The van der Waals surface area contributed by atoms with Crippen molar-refractivity contribution >= 4 is 17.5 Å². The molecule has 8 nitrogen and oxygen atoms in total. The Morgan fingerprint density at radius 1 is 1.10 bits per heavy atom. The van der Waals surface area contributed by atoms with E-state index in [0.29, 0.717) is 31.9 Å². The van der Waals surface area contributed by atoms with Crippen LogP contribution in [0.2, 0.25) is 0 Å². The first kappa shape index (κ1) is 20.6. The normalized spacial score (nSPS) is 17.7. The summed E-state index contributed by atoms with van der Waals surface area (Å²) in [5, 5.41) is 10.2. The number of aromatic hydroxyl groups is 1. The maximum absolute atomic E-state index is 12.8. The molecule has 1 amide bonds. The van der Waals surface area contributed by atoms with Gasteiger partial charge in [0.05, 0.1) is 33.0 Å². The summed E-state index contributed by atoms with van der Waals surface area (Å²) in [6.07, 6.45) is 0.115. The van der Waals surface area contributed by atoms with Crippen LogP contribution in [-0.4, -0.2) is 68.0 Å². The van der Waals surface area contributed by atoms with E-state index < -0.39 is 11.6 Å². The van der Waals surface area contributed by atoms with Crippen LogP contribution in [0.4, 0.5) is 0 Å². The number of carbonyl (C=O) groups is 3. The Kier molecular flexibility index (Phi) is 6.03. The fourth-order valence-corrected chi connectivity index (χ4v) is 3.41. The number of hydrogen-bond acceptors (Lipinski definition) is 7. The molecule has 1 aromatic carbocycles. The third-order valence-corrected chi connectivity index (χ3v) is 5.06. The van der Waals surface area contributed by atoms with Gasteiger partial charge in [0, 0.05) is 30.7 Å². The van der Waals surface area contributed by atoms with Crippen molar-refractivity contribution < 1.29 is 33.7 Å². The number of morpholine rings is 1. The molecule has 3 rings (SSSR count). The van der Waals surface area contributed by atoms with Crippen molar-refractivity contribution in [3.8, 4) is 5.75 Å². The molecule has 0 unspecified atom stereocenters. The van der Waals surface area contributed by atoms with Gasteiger partial charge in [-0.05, 0) is 24.6 Å². The van der Waals surface area contributed by atoms with E-state index in [9.17, 15) is 19.5 Å². The predicted octanol–water partition coefficient (Wildman–Crippen LogP) is 1.38. The molecule has 8 heteroatoms. The van der Waals surface area contributed by atoms with E-state index in [0.717, 1.165) is 0 Å². The molecular formula is C21H23NO7. The van der Waals surface area contributed by atoms with Gasteiger partial charge in [-0.1, -0.05) is 6.07 Å². The minimum atomic E-state index is -0.435. The molecule has 1 heterocycles. The Labute approximate surface area is 168 Å². The molecule has 1 fully saturated rings. The molecule has 1 saturated heterocycles. The van der Waals surface area contributed by atoms with Crippen molar-refractivity contribution in [3.05, 3.63) is 52.0 Å². The number of ketones is 2. The Hall–Kier alpha value is -3.13. The number of benzene rings is 1. The van der Waals surface area contributed by atoms with Crippen LogP contribution in [0.15, 0.2) is 40.9 Å². The molecule has 0 aromatic heterocycles. The average Bonchev–Trinajstić information content (AvgIpc) is 2.74. The highest BCUT2D eigenvalue weighted by molar-refractivity contribution is 6.23. The smallest absolute Gasteiger partial charge is 0.257 e. The van der Waals surface area contributed by atoms with Gasteiger partial charge >= 0.3 is 0 Å². The van der Waals surface area contributed by atoms with Crippen LogP contribution < -0.4 is 0 Å². The number of carbonyl (C=O) groups excluding carboxylic acids is 3. The predicted molar refractivity (Wildman–Crippen MR) is 102 cm³/mol. The van der Waals surface area contributed by atoms with Crippen molar-refractivity contribution in [2.45, 2.75) is 13.3 Å². The number of hydrogen-bond donors (Lipinski definition) is 1. The number of phenolic OH excluding ortho intramolecular Hbond substituents is 1. The third kappa shape index (κ3) is 3.88. The quantitative estimate of drug-likeness (QED) is 0.744. The molecule has 1 aliphatic heterocycles. The van der Waals surface area contributed by atoms with Crippen LogP contribution in [0.3, 0.4) is 0 Å². The van der Waals surface area contributed by atoms with Crippen molar-refractivity contribution in [3.63, 3.8) is 0 Å². The lowest BCUT2D eigenvalue weighted by Gasteiger charge is -2.27. The topological polar surface area (TPSA) is 102 Å². The second kappa shape index (κ2) is 8.48. The number of ether oxygens (including phenoxy) is 3. The Balaban J connectivity index is 1.90. The van der Waals surface area contributed by atoms with Gasteiger partial charge in [0.25, 0.3) is 5.91 Å². The molecule has 29 heavy (non-hydrogen) atoms. The summed E-state index contributed by atoms with van der Waals surface area (Å²) in [7, 11) is 2.61. The maximum atomic E-state index is 12.8. The zero-order valence-corrected chi connectivity index (χ0v) is 16.6. The lowest BCUT2D eigenvalue weighted by atomic mass is 9.88. The standard InChI is InChI=1S/C21H23NO7/c1-12-14(18(25)20(28-3)19(27-2)17(12)24)10-13-4-5-16(23)15(11-13)21(26)22-6-8-29-9-7-22/h4-5,11,23H,6-10H2,1-3H3. The number of allylic oxidation sites excluding steroid dienone is 2. The van der Waals surface area contributed by atoms with E-state index >= 15 is 0 Å². The largest absolute Gasteiger partial charge is 0.507 e. The first-order valence-electron chi connectivity index (χ1n) is 9.19. The molecule has 1 aromatic rings. The summed E-state index contributed by atoms with van der Waals surface area (Å²) in [5.74, 6) is -1.54. The summed E-state index contributed by atoms with van der Waals surface area (Å²) >= 11 is 0. The average molecular weight is 401 g/mol. The van der Waals surface area contributed by atoms with E-state index in [1.54, 1.807) is 24.0 Å². The second-order valence-corrected chi connectivity index (χ2v) is 6.76. The molecule has 1 N–H and O–H groups in total. The Morgan fingerprint density at radius 2 is 1.72 bits per heavy atom. The van der Waals surface area contributed by atoms with Crippen molar-refractivity contribution in [2.24, 2.45) is 0 Å². The van der Waals surface area contributed by atoms with Gasteiger partial charge in [-0.3, -0.25) is 14.4 Å². The highest BCUT2D eigenvalue weighted by Gasteiger charge is 2.34. The zero-order valence-electron chi connectivity index (χ0n) is 16.6. The molecule has 0 bridgehead atoms. The van der Waals surface area contributed by atoms with Gasteiger partial charge in [-0.15, -0.1) is 0 Å². The first-order chi connectivity index (χ1) is 13.9. The second-order valence-electron chi connectivity index (χ2n) is 6.76. The highest BCUT2D eigenvalue weighted by Crippen LogP contribution is 2.29. The molecule has 0 atom stereocenters. The summed E-state index contributed by atoms with van der Waals surface area (Å²) in [5.41, 5.74) is 1.30. The van der Waals surface area contributed by atoms with Crippen LogP contribution in [0.1, 0.15) is 22.8 Å². The molecular weight excluding hydrogens is 378 g/mol. The fourth-order valence-electron chi connectivity index (χ4n) is 3.41. The number of amides is 1. The molecule has 154 valence electrons. The summed E-state index contributed by atoms with van der Waals surface area (Å²) in [6, 6.07) is 4.58. The number of nitrogens with zero attached hydrogens (tertiary/aromatic N) is 1. The maximum Gasteiger partial charge on any atom is 0.257 e. The van der Waals surface area contributed by atoms with Gasteiger partial charge in [0.15, 0.2) is 0 Å². The number of methoxy groups -OCH3 is 2. The number of Topliss-reactive ketones (excluding diaryl/α,β-unsaturated/α-hetero) is 2. The molecule has 0 spiro atoms. The zero-order chi connectivity index (χ0) is 21.1. The molecule has 0 saturated carbocycles. The van der Waals surface area contributed by atoms with E-state index in [2.05, 4.69) is 0 Å². The van der Waals surface area contributed by atoms with Gasteiger partial charge < -0.3 is 24.2 Å². The minimum Gasteiger partial charge on any atom is -0.507 e. The summed E-state index contributed by atoms with van der Waals surface area (Å²) in [6.45, 7) is 3.34. The van der Waals surface area contributed by atoms with Gasteiger partial charge in [-0.25, -0.2) is 0 Å². The van der Waals surface area contributed by atoms with Crippen LogP contribution in [0.5, 0.6) is 5.75 Å². The molecule has 1 aliphatic carbocycles. The molecule has 0 radical (unpaired) electrons. The summed E-state index contributed by atoms with van der Waals surface area (Å²) < 4.78 is 15.4. The van der Waals surface area contributed by atoms with Gasteiger partial charge in [-0.2, -0.15) is 0 Å². The van der Waals surface area contributed by atoms with Gasteiger partial charge in [0.1, 0.15) is 5.75 Å². The SMILES string of the molecule is COC1=C(OC)C(=O)C(Cc2ccc(O)c(C(=O)N3CCOCC3)c2)=C(C)C1=O. The monoisotopic (exact) mass is 401 g/mol. The minimum absolute atomic E-state index is 0.115. The number of rotatable bonds is 5. The van der Waals surface area contributed by atoms with E-state index in [4.69, 9.17) is 14.2 Å². The van der Waals surface area contributed by atoms with Crippen molar-refractivity contribution in [1.29, 1.82) is 0 Å². The molecule has 2 aliphatic rings. The van der Waals surface area contributed by atoms with E-state index in [1.165, 1.54) is 20.3 Å². The van der Waals surface area contributed by atoms with Crippen LogP contribution in [0.25, 0.3) is 0 Å². The first-order valence-corrected chi connectivity index (χ1v) is 9.19. The summed E-state index contributed by atoms with van der Waals surface area (Å²) in [4.78, 5) is 39.7. The fraction of sp³-hybridized carbons (Fsp3) is 0.381.